The van der Waals surface area contributed by atoms with Crippen LogP contribution >= 0.6 is 0 Å². The van der Waals surface area contributed by atoms with Crippen LogP contribution < -0.4 is 0 Å². The van der Waals surface area contributed by atoms with Crippen molar-refractivity contribution in [3.05, 3.63) is 18.0 Å². The van der Waals surface area contributed by atoms with Crippen molar-refractivity contribution in [1.29, 1.82) is 0 Å². The summed E-state index contributed by atoms with van der Waals surface area (Å²) in [5.74, 6) is 0. The van der Waals surface area contributed by atoms with Crippen LogP contribution in [0.5, 0.6) is 0 Å². The lowest BCUT2D eigenvalue weighted by Gasteiger charge is -2.08. The van der Waals surface area contributed by atoms with Gasteiger partial charge in [0.15, 0.2) is 0 Å². The second-order valence-electron chi connectivity index (χ2n) is 2.73. The Kier molecular flexibility index (Phi) is 2.41. The first-order chi connectivity index (χ1) is 5.25. The predicted octanol–water partition coefficient (Wildman–Crippen LogP) is 1.21. The number of hydrogen-bond acceptors (Lipinski definition) is 2. The maximum atomic E-state index is 10.2. The summed E-state index contributed by atoms with van der Waals surface area (Å²) in [7, 11) is 0. The highest BCUT2D eigenvalue weighted by Gasteiger charge is 2.03. The number of aromatic nitrogens is 2. The van der Waals surface area contributed by atoms with Crippen LogP contribution in [0.4, 0.5) is 0 Å². The van der Waals surface area contributed by atoms with Crippen LogP contribution in [0.15, 0.2) is 12.3 Å². The van der Waals surface area contributed by atoms with E-state index in [2.05, 4.69) is 5.10 Å². The van der Waals surface area contributed by atoms with Crippen molar-refractivity contribution in [3.8, 4) is 0 Å². The molecule has 1 heterocycles. The Morgan fingerprint density at radius 1 is 1.73 bits per heavy atom. The highest BCUT2D eigenvalue weighted by molar-refractivity contribution is 5.53. The lowest BCUT2D eigenvalue weighted by molar-refractivity contribution is -0.107. The van der Waals surface area contributed by atoms with Crippen molar-refractivity contribution in [2.75, 3.05) is 0 Å². The molecule has 3 heteroatoms. The van der Waals surface area contributed by atoms with Gasteiger partial charge in [0, 0.05) is 24.4 Å². The first-order valence-electron chi connectivity index (χ1n) is 3.71. The van der Waals surface area contributed by atoms with Crippen LogP contribution in [-0.4, -0.2) is 16.1 Å². The smallest absolute Gasteiger partial charge is 0.125 e. The molecule has 0 radical (unpaired) electrons. The van der Waals surface area contributed by atoms with Crippen molar-refractivity contribution >= 4 is 6.29 Å². The normalized spacial score (nSPS) is 10.5. The molecule has 0 unspecified atom stereocenters. The zero-order valence-electron chi connectivity index (χ0n) is 6.82. The van der Waals surface area contributed by atoms with Gasteiger partial charge in [-0.15, -0.1) is 0 Å². The molecule has 0 amide bonds. The summed E-state index contributed by atoms with van der Waals surface area (Å²) in [5.41, 5.74) is 0.981. The Labute approximate surface area is 66.0 Å². The molecular formula is C8H12N2O. The summed E-state index contributed by atoms with van der Waals surface area (Å²) in [6.45, 7) is 4.09. The van der Waals surface area contributed by atoms with Gasteiger partial charge >= 0.3 is 0 Å². The second kappa shape index (κ2) is 3.32. The summed E-state index contributed by atoms with van der Waals surface area (Å²) in [6.07, 6.45) is 3.08. The average molecular weight is 152 g/mol. The quantitative estimate of drug-likeness (QED) is 0.610. The lowest BCUT2D eigenvalue weighted by atomic mass is 10.3. The minimum Gasteiger partial charge on any atom is -0.303 e. The zero-order valence-corrected chi connectivity index (χ0v) is 6.82. The number of aldehydes is 1. The molecule has 3 nitrogen and oxygen atoms in total. The van der Waals surface area contributed by atoms with E-state index in [0.29, 0.717) is 12.5 Å². The van der Waals surface area contributed by atoms with Gasteiger partial charge in [-0.25, -0.2) is 0 Å². The van der Waals surface area contributed by atoms with Crippen LogP contribution in [0, 0.1) is 0 Å². The van der Waals surface area contributed by atoms with Gasteiger partial charge in [0.25, 0.3) is 0 Å². The summed E-state index contributed by atoms with van der Waals surface area (Å²) >= 11 is 0. The molecule has 1 aromatic rings. The van der Waals surface area contributed by atoms with Gasteiger partial charge in [-0.1, -0.05) is 0 Å². The minimum absolute atomic E-state index is 0.333. The molecule has 0 atom stereocenters. The molecule has 11 heavy (non-hydrogen) atoms. The largest absolute Gasteiger partial charge is 0.303 e. The van der Waals surface area contributed by atoms with E-state index in [1.54, 1.807) is 6.20 Å². The van der Waals surface area contributed by atoms with Gasteiger partial charge in [0.1, 0.15) is 6.29 Å². The molecule has 0 N–H and O–H groups in total. The van der Waals surface area contributed by atoms with Crippen LogP contribution in [0.2, 0.25) is 0 Å². The van der Waals surface area contributed by atoms with Crippen molar-refractivity contribution < 1.29 is 4.79 Å². The van der Waals surface area contributed by atoms with Gasteiger partial charge in [0.05, 0.1) is 0 Å². The van der Waals surface area contributed by atoms with E-state index in [1.807, 2.05) is 24.6 Å². The fraction of sp³-hybridized carbons (Fsp3) is 0.500. The van der Waals surface area contributed by atoms with Gasteiger partial charge in [0.2, 0.25) is 0 Å². The van der Waals surface area contributed by atoms with E-state index in [4.69, 9.17) is 0 Å². The Morgan fingerprint density at radius 3 is 3.00 bits per heavy atom. The molecule has 0 aliphatic heterocycles. The summed E-state index contributed by atoms with van der Waals surface area (Å²) in [4.78, 5) is 10.2. The van der Waals surface area contributed by atoms with Crippen molar-refractivity contribution in [1.82, 2.24) is 9.78 Å². The summed E-state index contributed by atoms with van der Waals surface area (Å²) in [6, 6.07) is 2.20. The van der Waals surface area contributed by atoms with Crippen molar-refractivity contribution in [3.63, 3.8) is 0 Å². The Bertz CT molecular complexity index is 240. The van der Waals surface area contributed by atoms with E-state index < -0.39 is 0 Å². The fourth-order valence-corrected chi connectivity index (χ4v) is 1.05. The standard InChI is InChI=1S/C8H12N2O/c1-7(2)10-8(4-6-11)3-5-9-10/h3,5-7H,4H2,1-2H3. The van der Waals surface area contributed by atoms with E-state index >= 15 is 0 Å². The third kappa shape index (κ3) is 1.67. The molecule has 1 aromatic heterocycles. The summed E-state index contributed by atoms with van der Waals surface area (Å²) in [5, 5.41) is 4.09. The van der Waals surface area contributed by atoms with E-state index in [1.165, 1.54) is 0 Å². The topological polar surface area (TPSA) is 34.9 Å². The Hall–Kier alpha value is -1.12. The molecule has 0 saturated heterocycles. The highest BCUT2D eigenvalue weighted by Crippen LogP contribution is 2.06. The number of rotatable bonds is 3. The van der Waals surface area contributed by atoms with E-state index in [9.17, 15) is 4.79 Å². The van der Waals surface area contributed by atoms with Gasteiger partial charge in [-0.05, 0) is 19.9 Å². The van der Waals surface area contributed by atoms with Crippen LogP contribution in [-0.2, 0) is 11.2 Å². The first kappa shape index (κ1) is 7.98. The molecule has 0 fully saturated rings. The average Bonchev–Trinajstić information content (AvgIpc) is 2.36. The third-order valence-electron chi connectivity index (χ3n) is 1.53. The molecule has 0 aliphatic carbocycles. The SMILES string of the molecule is CC(C)n1nccc1CC=O. The lowest BCUT2D eigenvalue weighted by Crippen LogP contribution is -2.07. The van der Waals surface area contributed by atoms with Gasteiger partial charge in [-0.3, -0.25) is 4.68 Å². The third-order valence-corrected chi connectivity index (χ3v) is 1.53. The van der Waals surface area contributed by atoms with Crippen LogP contribution in [0.3, 0.4) is 0 Å². The molecule has 0 aliphatic rings. The Morgan fingerprint density at radius 2 is 2.45 bits per heavy atom. The second-order valence-corrected chi connectivity index (χ2v) is 2.73. The molecular weight excluding hydrogens is 140 g/mol. The van der Waals surface area contributed by atoms with Gasteiger partial charge in [-0.2, -0.15) is 5.10 Å². The van der Waals surface area contributed by atoms with Crippen LogP contribution in [0.1, 0.15) is 25.6 Å². The monoisotopic (exact) mass is 152 g/mol. The van der Waals surface area contributed by atoms with Gasteiger partial charge < -0.3 is 4.79 Å². The maximum absolute atomic E-state index is 10.2. The van der Waals surface area contributed by atoms with Crippen molar-refractivity contribution in [2.45, 2.75) is 26.3 Å². The highest BCUT2D eigenvalue weighted by atomic mass is 16.1. The molecule has 0 bridgehead atoms. The molecule has 0 aromatic carbocycles. The van der Waals surface area contributed by atoms with Crippen LogP contribution in [0.25, 0.3) is 0 Å². The number of hydrogen-bond donors (Lipinski definition) is 0. The minimum atomic E-state index is 0.333. The number of carbonyl (C=O) groups excluding carboxylic acids is 1. The first-order valence-corrected chi connectivity index (χ1v) is 3.71. The van der Waals surface area contributed by atoms with Crippen molar-refractivity contribution in [2.24, 2.45) is 0 Å². The molecule has 0 saturated carbocycles. The maximum Gasteiger partial charge on any atom is 0.125 e. The number of carbonyl (C=O) groups is 1. The molecule has 0 spiro atoms. The predicted molar refractivity (Wildman–Crippen MR) is 42.4 cm³/mol. The molecule has 60 valence electrons. The Balaban J connectivity index is 2.86. The van der Waals surface area contributed by atoms with E-state index in [-0.39, 0.29) is 0 Å². The fourth-order valence-electron chi connectivity index (χ4n) is 1.05. The van der Waals surface area contributed by atoms with E-state index in [0.717, 1.165) is 12.0 Å². The summed E-state index contributed by atoms with van der Waals surface area (Å²) < 4.78 is 1.86. The number of nitrogens with zero attached hydrogens (tertiary/aromatic N) is 2. The zero-order chi connectivity index (χ0) is 8.27. The molecule has 1 rings (SSSR count).